The van der Waals surface area contributed by atoms with Gasteiger partial charge in [-0.2, -0.15) is 0 Å². The summed E-state index contributed by atoms with van der Waals surface area (Å²) < 4.78 is 14.0. The van der Waals surface area contributed by atoms with Crippen LogP contribution in [-0.4, -0.2) is 45.1 Å². The molecule has 2 amide bonds. The van der Waals surface area contributed by atoms with E-state index >= 15 is 0 Å². The quantitative estimate of drug-likeness (QED) is 0.517. The molecule has 1 N–H and O–H groups in total. The Hall–Kier alpha value is -3.94. The lowest BCUT2D eigenvalue weighted by atomic mass is 9.77. The average Bonchev–Trinajstić information content (AvgIpc) is 3.43. The van der Waals surface area contributed by atoms with Gasteiger partial charge < -0.3 is 10.2 Å². The average molecular weight is 513 g/mol. The van der Waals surface area contributed by atoms with Crippen molar-refractivity contribution in [3.8, 4) is 0 Å². The van der Waals surface area contributed by atoms with Crippen molar-refractivity contribution in [2.75, 3.05) is 11.9 Å². The minimum absolute atomic E-state index is 0.0161. The number of piperidine rings is 1. The molecule has 7 nitrogen and oxygen atoms in total. The zero-order valence-electron chi connectivity index (χ0n) is 21.4. The van der Waals surface area contributed by atoms with Crippen LogP contribution in [0.15, 0.2) is 54.9 Å². The number of nitrogens with one attached hydrogen (secondary N) is 1. The second-order valence-corrected chi connectivity index (χ2v) is 10.7. The second-order valence-electron chi connectivity index (χ2n) is 10.7. The molecule has 8 heteroatoms. The van der Waals surface area contributed by atoms with Crippen LogP contribution in [0.2, 0.25) is 0 Å². The number of hydrogen-bond acceptors (Lipinski definition) is 5. The molecule has 1 fully saturated rings. The number of carbonyl (C=O) groups excluding carboxylic acids is 3. The molecule has 3 aliphatic rings. The maximum atomic E-state index is 14.0. The van der Waals surface area contributed by atoms with Crippen LogP contribution in [0.4, 0.5) is 10.2 Å². The van der Waals surface area contributed by atoms with E-state index in [2.05, 4.69) is 34.3 Å². The smallest absolute Gasteiger partial charge is 0.237 e. The Labute approximate surface area is 220 Å². The number of hydrogen-bond donors (Lipinski definition) is 1. The third kappa shape index (κ3) is 3.81. The number of likely N-dealkylation sites (tertiary alicyclic amines) is 1. The molecule has 4 heterocycles. The zero-order valence-corrected chi connectivity index (χ0v) is 21.4. The topological polar surface area (TPSA) is 92.3 Å². The Morgan fingerprint density at radius 3 is 2.68 bits per heavy atom. The van der Waals surface area contributed by atoms with Gasteiger partial charge in [-0.15, -0.1) is 0 Å². The van der Waals surface area contributed by atoms with E-state index < -0.39 is 17.2 Å². The molecule has 194 valence electrons. The van der Waals surface area contributed by atoms with Crippen molar-refractivity contribution in [3.63, 3.8) is 0 Å². The summed E-state index contributed by atoms with van der Waals surface area (Å²) in [6, 6.07) is 13.4. The first-order valence-corrected chi connectivity index (χ1v) is 13.1. The number of pyridine rings is 2. The Kier molecular flexibility index (Phi) is 5.85. The van der Waals surface area contributed by atoms with E-state index in [0.717, 1.165) is 17.5 Å². The predicted molar refractivity (Wildman–Crippen MR) is 139 cm³/mol. The summed E-state index contributed by atoms with van der Waals surface area (Å²) in [4.78, 5) is 50.2. The van der Waals surface area contributed by atoms with Gasteiger partial charge in [0.25, 0.3) is 0 Å². The summed E-state index contributed by atoms with van der Waals surface area (Å²) in [5.41, 5.74) is 2.68. The van der Waals surface area contributed by atoms with Gasteiger partial charge in [0.1, 0.15) is 11.6 Å². The molecule has 0 unspecified atom stereocenters. The summed E-state index contributed by atoms with van der Waals surface area (Å²) in [6.07, 6.45) is 3.99. The minimum Gasteiger partial charge on any atom is -0.339 e. The number of carbonyl (C=O) groups is 3. The Balaban J connectivity index is 1.24. The number of Topliss-reactive ketones (excluding diaryl/α,β-unsaturated/α-hetero) is 1. The van der Waals surface area contributed by atoms with Crippen molar-refractivity contribution in [3.05, 3.63) is 88.6 Å². The van der Waals surface area contributed by atoms with Gasteiger partial charge in [0.05, 0.1) is 11.6 Å². The van der Waals surface area contributed by atoms with Gasteiger partial charge in [-0.05, 0) is 49.9 Å². The highest BCUT2D eigenvalue weighted by Crippen LogP contribution is 2.46. The van der Waals surface area contributed by atoms with Gasteiger partial charge in [0, 0.05) is 60.3 Å². The molecule has 1 spiro atoms. The molecule has 3 aromatic rings. The summed E-state index contributed by atoms with van der Waals surface area (Å²) in [5, 5.41) is 2.77. The van der Waals surface area contributed by atoms with Gasteiger partial charge in [0.15, 0.2) is 5.78 Å². The van der Waals surface area contributed by atoms with Crippen molar-refractivity contribution in [2.45, 2.75) is 56.9 Å². The SMILES string of the molecule is CCN1C(=O)[C@@H](CC(=O)c2cnc3c(c2)C[C@@]2(C3)C(=O)Nc3ncc(F)cc32)C[C@@H](c2ccccc2)[C@H]1C. The van der Waals surface area contributed by atoms with E-state index in [9.17, 15) is 18.8 Å². The van der Waals surface area contributed by atoms with Crippen molar-refractivity contribution >= 4 is 23.4 Å². The van der Waals surface area contributed by atoms with Crippen LogP contribution in [-0.2, 0) is 27.8 Å². The maximum absolute atomic E-state index is 14.0. The van der Waals surface area contributed by atoms with Crippen LogP contribution in [0, 0.1) is 11.7 Å². The molecule has 2 aromatic heterocycles. The van der Waals surface area contributed by atoms with E-state index in [0.29, 0.717) is 42.8 Å². The molecular formula is C30H29FN4O3. The number of ketones is 1. The van der Waals surface area contributed by atoms with Gasteiger partial charge in [0.2, 0.25) is 11.8 Å². The minimum atomic E-state index is -0.971. The van der Waals surface area contributed by atoms with E-state index in [1.807, 2.05) is 30.0 Å². The summed E-state index contributed by atoms with van der Waals surface area (Å²) in [5.74, 6) is -0.738. The number of rotatable bonds is 5. The number of anilines is 1. The fourth-order valence-corrected chi connectivity index (χ4v) is 6.61. The number of nitrogens with zero attached hydrogens (tertiary/aromatic N) is 3. The second kappa shape index (κ2) is 9.11. The largest absolute Gasteiger partial charge is 0.339 e. The predicted octanol–water partition coefficient (Wildman–Crippen LogP) is 4.22. The lowest BCUT2D eigenvalue weighted by Crippen LogP contribution is -2.50. The number of halogens is 1. The molecule has 6 rings (SSSR count). The van der Waals surface area contributed by atoms with E-state index in [4.69, 9.17) is 0 Å². The number of amides is 2. The Morgan fingerprint density at radius 2 is 1.92 bits per heavy atom. The van der Waals surface area contributed by atoms with Gasteiger partial charge in [-0.25, -0.2) is 9.37 Å². The Morgan fingerprint density at radius 1 is 1.13 bits per heavy atom. The zero-order chi connectivity index (χ0) is 26.6. The molecule has 0 bridgehead atoms. The van der Waals surface area contributed by atoms with Crippen LogP contribution in [0.25, 0.3) is 0 Å². The van der Waals surface area contributed by atoms with Crippen LogP contribution in [0.3, 0.4) is 0 Å². The van der Waals surface area contributed by atoms with Crippen LogP contribution >= 0.6 is 0 Å². The lowest BCUT2D eigenvalue weighted by Gasteiger charge is -2.42. The Bertz CT molecular complexity index is 1460. The molecule has 4 atom stereocenters. The van der Waals surface area contributed by atoms with E-state index in [-0.39, 0.29) is 36.0 Å². The summed E-state index contributed by atoms with van der Waals surface area (Å²) >= 11 is 0. The fraction of sp³-hybridized carbons (Fsp3) is 0.367. The summed E-state index contributed by atoms with van der Waals surface area (Å²) in [7, 11) is 0. The first kappa shape index (κ1) is 24.4. The van der Waals surface area contributed by atoms with Crippen molar-refractivity contribution in [1.29, 1.82) is 0 Å². The van der Waals surface area contributed by atoms with Crippen LogP contribution in [0.1, 0.15) is 65.3 Å². The number of likely N-dealkylation sites (N-methyl/N-ethyl adjacent to an activating group) is 1. The third-order valence-electron chi connectivity index (χ3n) is 8.62. The monoisotopic (exact) mass is 512 g/mol. The van der Waals surface area contributed by atoms with Crippen LogP contribution in [0.5, 0.6) is 0 Å². The molecule has 38 heavy (non-hydrogen) atoms. The number of fused-ring (bicyclic) bond motifs is 3. The van der Waals surface area contributed by atoms with Crippen molar-refractivity contribution in [2.24, 2.45) is 5.92 Å². The lowest BCUT2D eigenvalue weighted by molar-refractivity contribution is -0.142. The van der Waals surface area contributed by atoms with E-state index in [1.54, 1.807) is 12.3 Å². The number of benzene rings is 1. The van der Waals surface area contributed by atoms with Gasteiger partial charge in [-0.3, -0.25) is 19.4 Å². The molecule has 2 aliphatic heterocycles. The highest BCUT2D eigenvalue weighted by Gasteiger charge is 2.52. The van der Waals surface area contributed by atoms with Gasteiger partial charge >= 0.3 is 0 Å². The maximum Gasteiger partial charge on any atom is 0.237 e. The first-order chi connectivity index (χ1) is 18.3. The number of aromatic nitrogens is 2. The molecule has 1 aromatic carbocycles. The van der Waals surface area contributed by atoms with E-state index in [1.165, 1.54) is 11.6 Å². The molecule has 1 saturated heterocycles. The fourth-order valence-electron chi connectivity index (χ4n) is 6.61. The van der Waals surface area contributed by atoms with Crippen molar-refractivity contribution < 1.29 is 18.8 Å². The highest BCUT2D eigenvalue weighted by atomic mass is 19.1. The molecule has 0 radical (unpaired) electrons. The summed E-state index contributed by atoms with van der Waals surface area (Å²) in [6.45, 7) is 4.64. The molecule has 0 saturated carbocycles. The van der Waals surface area contributed by atoms with Crippen molar-refractivity contribution in [1.82, 2.24) is 14.9 Å². The first-order valence-electron chi connectivity index (χ1n) is 13.1. The normalized spacial score (nSPS) is 25.9. The molecular weight excluding hydrogens is 483 g/mol. The highest BCUT2D eigenvalue weighted by molar-refractivity contribution is 6.06. The third-order valence-corrected chi connectivity index (χ3v) is 8.62. The van der Waals surface area contributed by atoms with Gasteiger partial charge in [-0.1, -0.05) is 30.3 Å². The molecule has 1 aliphatic carbocycles. The van der Waals surface area contributed by atoms with Crippen LogP contribution < -0.4 is 5.32 Å². The standard InChI is InChI=1S/C30H29FN4O3/c1-3-35-17(2)23(18-7-5-4-6-8-18)10-19(28(35)37)11-26(36)21-9-20-13-30(14-25(20)32-15-21)24-12-22(31)16-33-27(24)34-29(30)38/h4-9,12,15-17,19,23H,3,10-11,13-14H2,1-2H3,(H,33,34,38)/t17-,19-,23-,30+/m1/s1.